The molecule has 0 aliphatic rings. The zero-order valence-corrected chi connectivity index (χ0v) is 25.3. The van der Waals surface area contributed by atoms with Crippen LogP contribution in [0.25, 0.3) is 0 Å². The number of nitrogens with zero attached hydrogens (tertiary/aromatic N) is 2. The van der Waals surface area contributed by atoms with Crippen LogP contribution in [0.3, 0.4) is 0 Å². The van der Waals surface area contributed by atoms with E-state index in [4.69, 9.17) is 4.42 Å². The maximum atomic E-state index is 13.5. The topological polar surface area (TPSA) is 167 Å². The normalized spacial score (nSPS) is 12.0. The van der Waals surface area contributed by atoms with Crippen molar-refractivity contribution in [1.29, 1.82) is 0 Å². The number of carbonyl (C=O) groups excluding carboxylic acids is 2. The second-order valence-corrected chi connectivity index (χ2v) is 13.2. The molecule has 0 unspecified atom stereocenters. The SMILES string of the molecule is CC(=O)Nc1ccc(S(=O)(=O)N(CCc2ccccc2)CC(=O)N/N=C\c2ccc(CNS(=O)(=O)c3ccccc3)o2)cc1. The summed E-state index contributed by atoms with van der Waals surface area (Å²) in [6.45, 7) is 0.762. The molecule has 4 aromatic rings. The first kappa shape index (κ1) is 32.3. The number of sulfonamides is 2. The summed E-state index contributed by atoms with van der Waals surface area (Å²) in [5.41, 5.74) is 3.64. The molecular weight excluding hydrogens is 606 g/mol. The fourth-order valence-corrected chi connectivity index (χ4v) is 6.43. The van der Waals surface area contributed by atoms with Gasteiger partial charge in [0.25, 0.3) is 5.91 Å². The van der Waals surface area contributed by atoms with Crippen LogP contribution in [0.4, 0.5) is 5.69 Å². The van der Waals surface area contributed by atoms with Gasteiger partial charge in [-0.3, -0.25) is 9.59 Å². The number of hydrazone groups is 1. The Balaban J connectivity index is 1.39. The molecule has 3 N–H and O–H groups in total. The van der Waals surface area contributed by atoms with Crippen LogP contribution < -0.4 is 15.5 Å². The molecule has 0 saturated heterocycles. The molecule has 3 aromatic carbocycles. The van der Waals surface area contributed by atoms with Gasteiger partial charge in [-0.05, 0) is 60.5 Å². The van der Waals surface area contributed by atoms with Crippen LogP contribution in [0, 0.1) is 0 Å². The Kier molecular flexibility index (Phi) is 10.8. The number of nitrogens with one attached hydrogen (secondary N) is 3. The number of hydrogen-bond acceptors (Lipinski definition) is 8. The number of anilines is 1. The predicted octanol–water partition coefficient (Wildman–Crippen LogP) is 3.10. The molecule has 0 radical (unpaired) electrons. The zero-order chi connectivity index (χ0) is 31.6. The van der Waals surface area contributed by atoms with E-state index in [-0.39, 0.29) is 34.5 Å². The fraction of sp³-hybridized carbons (Fsp3) is 0.167. The van der Waals surface area contributed by atoms with Gasteiger partial charge in [0.05, 0.1) is 29.1 Å². The van der Waals surface area contributed by atoms with E-state index < -0.39 is 32.5 Å². The van der Waals surface area contributed by atoms with E-state index in [1.54, 1.807) is 30.3 Å². The third-order valence-corrected chi connectivity index (χ3v) is 9.46. The summed E-state index contributed by atoms with van der Waals surface area (Å²) in [5.74, 6) is -0.414. The molecule has 1 heterocycles. The number of amides is 2. The summed E-state index contributed by atoms with van der Waals surface area (Å²) in [5, 5.41) is 6.44. The van der Waals surface area contributed by atoms with E-state index in [2.05, 4.69) is 20.6 Å². The number of hydrogen-bond donors (Lipinski definition) is 3. The molecule has 0 saturated carbocycles. The van der Waals surface area contributed by atoms with Crippen molar-refractivity contribution in [3.63, 3.8) is 0 Å². The molecular formula is C30H31N5O7S2. The average Bonchev–Trinajstić information content (AvgIpc) is 3.47. The Morgan fingerprint density at radius 1 is 0.841 bits per heavy atom. The Morgan fingerprint density at radius 3 is 2.16 bits per heavy atom. The van der Waals surface area contributed by atoms with Crippen LogP contribution in [0.15, 0.2) is 116 Å². The first-order valence-electron chi connectivity index (χ1n) is 13.4. The average molecular weight is 638 g/mol. The van der Waals surface area contributed by atoms with Crippen molar-refractivity contribution in [2.45, 2.75) is 29.7 Å². The number of carbonyl (C=O) groups is 2. The highest BCUT2D eigenvalue weighted by Gasteiger charge is 2.26. The predicted molar refractivity (Wildman–Crippen MR) is 165 cm³/mol. The van der Waals surface area contributed by atoms with Crippen LogP contribution in [-0.4, -0.2) is 52.3 Å². The van der Waals surface area contributed by atoms with E-state index in [0.29, 0.717) is 17.9 Å². The summed E-state index contributed by atoms with van der Waals surface area (Å²) in [6, 6.07) is 25.9. The minimum absolute atomic E-state index is 0.0252. The number of rotatable bonds is 14. The van der Waals surface area contributed by atoms with Gasteiger partial charge in [0.2, 0.25) is 26.0 Å². The molecule has 0 aliphatic carbocycles. The van der Waals surface area contributed by atoms with Gasteiger partial charge in [0, 0.05) is 19.2 Å². The van der Waals surface area contributed by atoms with Gasteiger partial charge >= 0.3 is 0 Å². The van der Waals surface area contributed by atoms with Crippen LogP contribution >= 0.6 is 0 Å². The third-order valence-electron chi connectivity index (χ3n) is 6.18. The lowest BCUT2D eigenvalue weighted by Crippen LogP contribution is -2.40. The highest BCUT2D eigenvalue weighted by atomic mass is 32.2. The minimum Gasteiger partial charge on any atom is -0.459 e. The first-order valence-corrected chi connectivity index (χ1v) is 16.3. The van der Waals surface area contributed by atoms with Gasteiger partial charge in [-0.2, -0.15) is 9.41 Å². The summed E-state index contributed by atoms with van der Waals surface area (Å²) in [4.78, 5) is 24.2. The lowest BCUT2D eigenvalue weighted by molar-refractivity contribution is -0.121. The lowest BCUT2D eigenvalue weighted by atomic mass is 10.1. The summed E-state index contributed by atoms with van der Waals surface area (Å²) in [6.07, 6.45) is 1.58. The van der Waals surface area contributed by atoms with E-state index in [1.165, 1.54) is 49.5 Å². The molecule has 4 rings (SSSR count). The van der Waals surface area contributed by atoms with Crippen molar-refractivity contribution in [2.24, 2.45) is 5.10 Å². The van der Waals surface area contributed by atoms with E-state index in [9.17, 15) is 26.4 Å². The minimum atomic E-state index is -4.09. The maximum absolute atomic E-state index is 13.5. The second-order valence-electron chi connectivity index (χ2n) is 9.51. The van der Waals surface area contributed by atoms with E-state index in [1.807, 2.05) is 30.3 Å². The van der Waals surface area contributed by atoms with Gasteiger partial charge in [-0.1, -0.05) is 48.5 Å². The smallest absolute Gasteiger partial charge is 0.255 e. The third kappa shape index (κ3) is 9.18. The summed E-state index contributed by atoms with van der Waals surface area (Å²) < 4.78 is 60.9. The lowest BCUT2D eigenvalue weighted by Gasteiger charge is -2.21. The first-order chi connectivity index (χ1) is 21.0. The zero-order valence-electron chi connectivity index (χ0n) is 23.7. The molecule has 12 nitrogen and oxygen atoms in total. The van der Waals surface area contributed by atoms with Gasteiger partial charge in [-0.25, -0.2) is 27.0 Å². The molecule has 1 aromatic heterocycles. The van der Waals surface area contributed by atoms with Crippen molar-refractivity contribution in [2.75, 3.05) is 18.4 Å². The van der Waals surface area contributed by atoms with Crippen molar-refractivity contribution in [3.05, 3.63) is 114 Å². The molecule has 44 heavy (non-hydrogen) atoms. The van der Waals surface area contributed by atoms with Crippen molar-refractivity contribution in [3.8, 4) is 0 Å². The molecule has 0 spiro atoms. The van der Waals surface area contributed by atoms with Crippen LogP contribution in [0.5, 0.6) is 0 Å². The molecule has 0 atom stereocenters. The highest BCUT2D eigenvalue weighted by Crippen LogP contribution is 2.19. The van der Waals surface area contributed by atoms with Gasteiger partial charge < -0.3 is 9.73 Å². The maximum Gasteiger partial charge on any atom is 0.255 e. The van der Waals surface area contributed by atoms with E-state index in [0.717, 1.165) is 9.87 Å². The fourth-order valence-electron chi connectivity index (χ4n) is 4.02. The Hall–Kier alpha value is -4.63. The van der Waals surface area contributed by atoms with Crippen molar-refractivity contribution in [1.82, 2.24) is 14.5 Å². The molecule has 230 valence electrons. The molecule has 0 bridgehead atoms. The van der Waals surface area contributed by atoms with Crippen LogP contribution in [0.1, 0.15) is 24.0 Å². The van der Waals surface area contributed by atoms with Crippen LogP contribution in [-0.2, 0) is 42.6 Å². The Bertz CT molecular complexity index is 1810. The van der Waals surface area contributed by atoms with E-state index >= 15 is 0 Å². The Morgan fingerprint density at radius 2 is 1.50 bits per heavy atom. The summed E-state index contributed by atoms with van der Waals surface area (Å²) in [7, 11) is -7.81. The van der Waals surface area contributed by atoms with Gasteiger partial charge in [0.15, 0.2) is 0 Å². The number of furan rings is 1. The van der Waals surface area contributed by atoms with Crippen LogP contribution in [0.2, 0.25) is 0 Å². The summed E-state index contributed by atoms with van der Waals surface area (Å²) >= 11 is 0. The monoisotopic (exact) mass is 637 g/mol. The quantitative estimate of drug-likeness (QED) is 0.141. The molecule has 0 aliphatic heterocycles. The Labute approximate surface area is 255 Å². The van der Waals surface area contributed by atoms with Gasteiger partial charge in [0.1, 0.15) is 11.5 Å². The van der Waals surface area contributed by atoms with Gasteiger partial charge in [-0.15, -0.1) is 0 Å². The standard InChI is InChI=1S/C30H31N5O7S2/c1-23(36)33-25-12-16-29(17-13-25)44(40,41)35(19-18-24-8-4-2-5-9-24)22-30(37)34-31-20-26-14-15-27(42-26)21-32-43(38,39)28-10-6-3-7-11-28/h2-17,20,32H,18-19,21-22H2,1H3,(H,33,36)(H,34,37)/b31-20-. The second kappa shape index (κ2) is 14.7. The van der Waals surface area contributed by atoms with Crippen molar-refractivity contribution < 1.29 is 30.8 Å². The highest BCUT2D eigenvalue weighted by molar-refractivity contribution is 7.89. The number of benzene rings is 3. The molecule has 2 amide bonds. The largest absolute Gasteiger partial charge is 0.459 e. The molecule has 14 heteroatoms. The molecule has 0 fully saturated rings. The van der Waals surface area contributed by atoms with Crippen molar-refractivity contribution >= 4 is 43.8 Å².